The molecule has 140 valence electrons. The molecule has 0 radical (unpaired) electrons. The van der Waals surface area contributed by atoms with Gasteiger partial charge in [-0.2, -0.15) is 0 Å². The summed E-state index contributed by atoms with van der Waals surface area (Å²) in [6.45, 7) is 10.7. The van der Waals surface area contributed by atoms with Gasteiger partial charge in [-0.1, -0.05) is 6.07 Å². The number of nitrogens with zero attached hydrogens (tertiary/aromatic N) is 3. The van der Waals surface area contributed by atoms with E-state index in [0.29, 0.717) is 5.41 Å². The maximum Gasteiger partial charge on any atom is 0.410 e. The number of fused-ring (bicyclic) bond motifs is 1. The van der Waals surface area contributed by atoms with E-state index >= 15 is 0 Å². The zero-order chi connectivity index (χ0) is 18.4. The first-order valence-electron chi connectivity index (χ1n) is 9.59. The SMILES string of the molecule is CC(C)(C)OC(=O)N1CCC2(CC1)CN(Cc1ccc3ccccn13)C2. The van der Waals surface area contributed by atoms with Crippen molar-refractivity contribution in [2.75, 3.05) is 26.2 Å². The molecule has 5 heteroatoms. The molecule has 5 nitrogen and oxygen atoms in total. The van der Waals surface area contributed by atoms with E-state index in [9.17, 15) is 4.79 Å². The van der Waals surface area contributed by atoms with E-state index in [-0.39, 0.29) is 6.09 Å². The van der Waals surface area contributed by atoms with Crippen LogP contribution in [-0.2, 0) is 11.3 Å². The summed E-state index contributed by atoms with van der Waals surface area (Å²) < 4.78 is 7.78. The molecule has 0 aromatic carbocycles. The van der Waals surface area contributed by atoms with Gasteiger partial charge in [-0.15, -0.1) is 0 Å². The Balaban J connectivity index is 1.29. The lowest BCUT2D eigenvalue weighted by atomic mass is 9.72. The van der Waals surface area contributed by atoms with E-state index in [1.165, 1.54) is 11.2 Å². The topological polar surface area (TPSA) is 37.2 Å². The third-order valence-electron chi connectivity index (χ3n) is 5.63. The highest BCUT2D eigenvalue weighted by atomic mass is 16.6. The van der Waals surface area contributed by atoms with Crippen LogP contribution in [0.4, 0.5) is 4.79 Å². The molecule has 0 bridgehead atoms. The molecule has 2 fully saturated rings. The number of ether oxygens (including phenoxy) is 1. The molecule has 0 N–H and O–H groups in total. The van der Waals surface area contributed by atoms with Crippen molar-refractivity contribution in [1.82, 2.24) is 14.2 Å². The van der Waals surface area contributed by atoms with Crippen LogP contribution in [0.15, 0.2) is 36.5 Å². The molecule has 0 atom stereocenters. The first-order valence-corrected chi connectivity index (χ1v) is 9.59. The Morgan fingerprint density at radius 2 is 1.85 bits per heavy atom. The average Bonchev–Trinajstić information content (AvgIpc) is 2.96. The van der Waals surface area contributed by atoms with Gasteiger partial charge in [0.25, 0.3) is 0 Å². The first kappa shape index (κ1) is 17.4. The summed E-state index contributed by atoms with van der Waals surface area (Å²) in [7, 11) is 0. The van der Waals surface area contributed by atoms with Crippen molar-refractivity contribution in [1.29, 1.82) is 0 Å². The third-order valence-corrected chi connectivity index (χ3v) is 5.63. The molecule has 0 unspecified atom stereocenters. The summed E-state index contributed by atoms with van der Waals surface area (Å²) in [5.41, 5.74) is 2.58. The summed E-state index contributed by atoms with van der Waals surface area (Å²) in [6, 6.07) is 10.7. The number of rotatable bonds is 2. The number of piperidine rings is 1. The minimum atomic E-state index is -0.417. The van der Waals surface area contributed by atoms with Crippen LogP contribution >= 0.6 is 0 Å². The van der Waals surface area contributed by atoms with Gasteiger partial charge < -0.3 is 14.0 Å². The van der Waals surface area contributed by atoms with Crippen molar-refractivity contribution in [2.45, 2.75) is 45.8 Å². The zero-order valence-corrected chi connectivity index (χ0v) is 16.1. The van der Waals surface area contributed by atoms with Crippen LogP contribution in [0.3, 0.4) is 0 Å². The molecule has 1 amide bonds. The van der Waals surface area contributed by atoms with Crippen molar-refractivity contribution in [3.63, 3.8) is 0 Å². The van der Waals surface area contributed by atoms with Crippen LogP contribution in [0.2, 0.25) is 0 Å². The Bertz CT molecular complexity index is 789. The van der Waals surface area contributed by atoms with Crippen LogP contribution in [0, 0.1) is 5.41 Å². The van der Waals surface area contributed by atoms with Crippen molar-refractivity contribution in [2.24, 2.45) is 5.41 Å². The van der Waals surface area contributed by atoms with Gasteiger partial charge in [0.05, 0.1) is 0 Å². The smallest absolute Gasteiger partial charge is 0.410 e. The standard InChI is InChI=1S/C21H29N3O2/c1-20(2,3)26-19(25)23-12-9-21(10-13-23)15-22(16-21)14-18-8-7-17-6-4-5-11-24(17)18/h4-8,11H,9-10,12-16H2,1-3H3. The lowest BCUT2D eigenvalue weighted by molar-refractivity contribution is -0.0556. The third kappa shape index (κ3) is 3.45. The van der Waals surface area contributed by atoms with Gasteiger partial charge >= 0.3 is 6.09 Å². The lowest BCUT2D eigenvalue weighted by Gasteiger charge is -2.54. The summed E-state index contributed by atoms with van der Waals surface area (Å²) >= 11 is 0. The Kier molecular flexibility index (Phi) is 4.22. The van der Waals surface area contributed by atoms with E-state index in [2.05, 4.69) is 45.8 Å². The molecular formula is C21H29N3O2. The van der Waals surface area contributed by atoms with Gasteiger partial charge in [-0.25, -0.2) is 4.79 Å². The molecule has 0 saturated carbocycles. The summed E-state index contributed by atoms with van der Waals surface area (Å²) in [6.07, 6.45) is 4.14. The van der Waals surface area contributed by atoms with E-state index in [4.69, 9.17) is 4.74 Å². The molecular weight excluding hydrogens is 326 g/mol. The highest BCUT2D eigenvalue weighted by Crippen LogP contribution is 2.41. The Hall–Kier alpha value is -2.01. The highest BCUT2D eigenvalue weighted by molar-refractivity contribution is 5.68. The van der Waals surface area contributed by atoms with Crippen LogP contribution in [0.25, 0.3) is 5.52 Å². The monoisotopic (exact) mass is 355 g/mol. The number of carbonyl (C=O) groups excluding carboxylic acids is 1. The van der Waals surface area contributed by atoms with E-state index in [1.807, 2.05) is 25.7 Å². The highest BCUT2D eigenvalue weighted by Gasteiger charge is 2.45. The van der Waals surface area contributed by atoms with Crippen LogP contribution in [0.1, 0.15) is 39.3 Å². The summed E-state index contributed by atoms with van der Waals surface area (Å²) in [5.74, 6) is 0. The maximum absolute atomic E-state index is 12.2. The van der Waals surface area contributed by atoms with Gasteiger partial charge in [0.15, 0.2) is 0 Å². The van der Waals surface area contributed by atoms with Gasteiger partial charge in [0, 0.05) is 50.1 Å². The van der Waals surface area contributed by atoms with Crippen molar-refractivity contribution < 1.29 is 9.53 Å². The Labute approximate surface area is 155 Å². The maximum atomic E-state index is 12.2. The molecule has 2 aliphatic heterocycles. The minimum Gasteiger partial charge on any atom is -0.444 e. The number of hydrogen-bond donors (Lipinski definition) is 0. The normalized spacial score (nSPS) is 20.3. The summed E-state index contributed by atoms with van der Waals surface area (Å²) in [5, 5.41) is 0. The van der Waals surface area contributed by atoms with Crippen molar-refractivity contribution in [3.8, 4) is 0 Å². The van der Waals surface area contributed by atoms with Gasteiger partial charge in [-0.3, -0.25) is 4.90 Å². The predicted molar refractivity (Wildman–Crippen MR) is 102 cm³/mol. The number of pyridine rings is 1. The number of hydrogen-bond acceptors (Lipinski definition) is 3. The van der Waals surface area contributed by atoms with Crippen LogP contribution in [0.5, 0.6) is 0 Å². The quantitative estimate of drug-likeness (QED) is 0.823. The Morgan fingerprint density at radius 1 is 1.12 bits per heavy atom. The molecule has 26 heavy (non-hydrogen) atoms. The predicted octanol–water partition coefficient (Wildman–Crippen LogP) is 3.77. The van der Waals surface area contributed by atoms with Crippen molar-refractivity contribution >= 4 is 11.6 Å². The second-order valence-electron chi connectivity index (χ2n) is 8.93. The summed E-state index contributed by atoms with van der Waals surface area (Å²) in [4.78, 5) is 16.6. The number of carbonyl (C=O) groups is 1. The molecule has 2 aromatic rings. The van der Waals surface area contributed by atoms with Crippen molar-refractivity contribution in [3.05, 3.63) is 42.2 Å². The molecule has 0 aliphatic carbocycles. The molecule has 1 spiro atoms. The minimum absolute atomic E-state index is 0.164. The van der Waals surface area contributed by atoms with Gasteiger partial charge in [0.1, 0.15) is 5.60 Å². The van der Waals surface area contributed by atoms with E-state index in [1.54, 1.807) is 0 Å². The van der Waals surface area contributed by atoms with Crippen LogP contribution in [-0.4, -0.2) is 52.1 Å². The fourth-order valence-electron chi connectivity index (χ4n) is 4.29. The second kappa shape index (κ2) is 6.31. The first-order chi connectivity index (χ1) is 12.3. The van der Waals surface area contributed by atoms with E-state index in [0.717, 1.165) is 45.6 Å². The Morgan fingerprint density at radius 3 is 2.54 bits per heavy atom. The zero-order valence-electron chi connectivity index (χ0n) is 16.1. The second-order valence-corrected chi connectivity index (χ2v) is 8.93. The van der Waals surface area contributed by atoms with Gasteiger partial charge in [0.2, 0.25) is 0 Å². The molecule has 2 aromatic heterocycles. The largest absolute Gasteiger partial charge is 0.444 e. The van der Waals surface area contributed by atoms with Crippen LogP contribution < -0.4 is 0 Å². The molecule has 4 heterocycles. The molecule has 4 rings (SSSR count). The van der Waals surface area contributed by atoms with Gasteiger partial charge in [-0.05, 0) is 63.3 Å². The molecule has 2 saturated heterocycles. The molecule has 2 aliphatic rings. The fourth-order valence-corrected chi connectivity index (χ4v) is 4.29. The van der Waals surface area contributed by atoms with E-state index < -0.39 is 5.60 Å². The number of likely N-dealkylation sites (tertiary alicyclic amines) is 2. The fraction of sp³-hybridized carbons (Fsp3) is 0.571. The average molecular weight is 355 g/mol. The number of amides is 1. The lowest BCUT2D eigenvalue weighted by Crippen LogP contribution is -2.60. The number of aromatic nitrogens is 1.